The molecule has 2 aliphatic heterocycles. The van der Waals surface area contributed by atoms with Gasteiger partial charge in [-0.15, -0.1) is 11.3 Å². The maximum Gasteiger partial charge on any atom is 0.254 e. The van der Waals surface area contributed by atoms with E-state index in [0.29, 0.717) is 0 Å². The Labute approximate surface area is 159 Å². The topological polar surface area (TPSA) is 36.4 Å². The zero-order chi connectivity index (χ0) is 18.3. The number of likely N-dealkylation sites (tertiary alicyclic amines) is 2. The van der Waals surface area contributed by atoms with Crippen molar-refractivity contribution in [3.8, 4) is 0 Å². The number of aryl methyl sites for hydroxylation is 3. The molecule has 4 nitrogen and oxygen atoms in total. The molecule has 0 radical (unpaired) electrons. The number of benzene rings is 1. The average Bonchev–Trinajstić information content (AvgIpc) is 3.03. The van der Waals surface area contributed by atoms with E-state index in [9.17, 15) is 4.79 Å². The molecule has 1 amide bonds. The van der Waals surface area contributed by atoms with E-state index in [1.807, 2.05) is 25.3 Å². The van der Waals surface area contributed by atoms with Crippen molar-refractivity contribution in [3.05, 3.63) is 51.0 Å². The van der Waals surface area contributed by atoms with Gasteiger partial charge in [0.25, 0.3) is 5.91 Å². The highest BCUT2D eigenvalue weighted by Crippen LogP contribution is 2.40. The van der Waals surface area contributed by atoms with E-state index in [1.54, 1.807) is 11.3 Å². The number of piperidine rings is 1. The van der Waals surface area contributed by atoms with E-state index in [-0.39, 0.29) is 11.4 Å². The number of amides is 1. The molecule has 0 unspecified atom stereocenters. The Bertz CT molecular complexity index is 830. The fourth-order valence-electron chi connectivity index (χ4n) is 4.47. The molecule has 1 spiro atoms. The summed E-state index contributed by atoms with van der Waals surface area (Å²) in [6, 6.07) is 6.14. The predicted octanol–water partition coefficient (Wildman–Crippen LogP) is 3.95. The summed E-state index contributed by atoms with van der Waals surface area (Å²) in [5.74, 6) is 0.196. The molecule has 138 valence electrons. The molecule has 2 saturated heterocycles. The van der Waals surface area contributed by atoms with E-state index in [4.69, 9.17) is 0 Å². The van der Waals surface area contributed by atoms with Crippen molar-refractivity contribution in [1.29, 1.82) is 0 Å². The van der Waals surface area contributed by atoms with Crippen molar-refractivity contribution in [1.82, 2.24) is 14.8 Å². The lowest BCUT2D eigenvalue weighted by molar-refractivity contribution is -0.0643. The molecule has 2 aromatic rings. The number of nitrogens with zero attached hydrogens (tertiary/aromatic N) is 3. The molecule has 26 heavy (non-hydrogen) atoms. The third-order valence-electron chi connectivity index (χ3n) is 5.99. The largest absolute Gasteiger partial charge is 0.337 e. The minimum Gasteiger partial charge on any atom is -0.337 e. The normalized spacial score (nSPS) is 23.3. The van der Waals surface area contributed by atoms with Crippen LogP contribution < -0.4 is 0 Å². The second-order valence-corrected chi connectivity index (χ2v) is 9.21. The van der Waals surface area contributed by atoms with Crippen LogP contribution >= 0.6 is 11.3 Å². The standard InChI is InChI=1S/C21H27N3OS/c1-15-5-6-19(16(2)11-15)20(25)23-9-4-7-21(14-23)8-10-24(21)13-18-12-22-17(3)26-18/h5-6,11-12H,4,7-10,13-14H2,1-3H3/t21-/m1/s1. The summed E-state index contributed by atoms with van der Waals surface area (Å²) < 4.78 is 0. The van der Waals surface area contributed by atoms with E-state index < -0.39 is 0 Å². The maximum absolute atomic E-state index is 13.1. The lowest BCUT2D eigenvalue weighted by atomic mass is 9.77. The van der Waals surface area contributed by atoms with Gasteiger partial charge in [-0.1, -0.05) is 17.7 Å². The quantitative estimate of drug-likeness (QED) is 0.822. The Balaban J connectivity index is 1.49. The SMILES string of the molecule is Cc1ccc(C(=O)N2CCC[C@@]3(CCN3Cc3cnc(C)s3)C2)c(C)c1. The van der Waals surface area contributed by atoms with Gasteiger partial charge in [0, 0.05) is 48.4 Å². The Hall–Kier alpha value is -1.72. The fraction of sp³-hybridized carbons (Fsp3) is 0.524. The molecule has 4 rings (SSSR count). The first-order valence-corrected chi connectivity index (χ1v) is 10.3. The summed E-state index contributed by atoms with van der Waals surface area (Å²) in [5.41, 5.74) is 3.32. The fourth-order valence-corrected chi connectivity index (χ4v) is 5.28. The zero-order valence-corrected chi connectivity index (χ0v) is 16.7. The molecule has 3 heterocycles. The van der Waals surface area contributed by atoms with Crippen LogP contribution in [0.1, 0.15) is 50.6 Å². The lowest BCUT2D eigenvalue weighted by Gasteiger charge is -2.57. The molecular weight excluding hydrogens is 342 g/mol. The first-order valence-electron chi connectivity index (χ1n) is 9.50. The van der Waals surface area contributed by atoms with E-state index in [1.165, 1.54) is 23.3 Å². The van der Waals surface area contributed by atoms with Gasteiger partial charge in [-0.2, -0.15) is 0 Å². The van der Waals surface area contributed by atoms with Crippen molar-refractivity contribution in [3.63, 3.8) is 0 Å². The molecule has 5 heteroatoms. The minimum atomic E-state index is 0.171. The maximum atomic E-state index is 13.1. The van der Waals surface area contributed by atoms with Gasteiger partial charge in [-0.05, 0) is 51.7 Å². The summed E-state index contributed by atoms with van der Waals surface area (Å²) in [6.45, 7) is 10.0. The van der Waals surface area contributed by atoms with Crippen LogP contribution in [-0.2, 0) is 6.54 Å². The second kappa shape index (κ2) is 6.78. The first-order chi connectivity index (χ1) is 12.5. The highest BCUT2D eigenvalue weighted by Gasteiger charge is 2.48. The van der Waals surface area contributed by atoms with Gasteiger partial charge >= 0.3 is 0 Å². The van der Waals surface area contributed by atoms with Crippen LogP contribution in [0, 0.1) is 20.8 Å². The summed E-state index contributed by atoms with van der Waals surface area (Å²) >= 11 is 1.79. The second-order valence-electron chi connectivity index (χ2n) is 7.89. The monoisotopic (exact) mass is 369 g/mol. The Morgan fingerprint density at radius 2 is 2.08 bits per heavy atom. The van der Waals surface area contributed by atoms with Crippen LogP contribution in [0.4, 0.5) is 0 Å². The van der Waals surface area contributed by atoms with Crippen LogP contribution in [0.15, 0.2) is 24.4 Å². The molecule has 1 aromatic carbocycles. The average molecular weight is 370 g/mol. The molecule has 0 aliphatic carbocycles. The third kappa shape index (κ3) is 3.19. The number of thiazole rings is 1. The molecule has 0 saturated carbocycles. The number of hydrogen-bond acceptors (Lipinski definition) is 4. The van der Waals surface area contributed by atoms with Crippen LogP contribution in [0.3, 0.4) is 0 Å². The summed E-state index contributed by atoms with van der Waals surface area (Å²) in [4.78, 5) is 23.5. The smallest absolute Gasteiger partial charge is 0.254 e. The van der Waals surface area contributed by atoms with Gasteiger partial charge in [0.1, 0.15) is 0 Å². The minimum absolute atomic E-state index is 0.171. The number of hydrogen-bond donors (Lipinski definition) is 0. The van der Waals surface area contributed by atoms with Gasteiger partial charge in [-0.3, -0.25) is 9.69 Å². The molecule has 1 atom stereocenters. The van der Waals surface area contributed by atoms with Crippen molar-refractivity contribution in [2.24, 2.45) is 0 Å². The summed E-state index contributed by atoms with van der Waals surface area (Å²) in [6.07, 6.45) is 5.49. The summed E-state index contributed by atoms with van der Waals surface area (Å²) in [5, 5.41) is 1.13. The highest BCUT2D eigenvalue weighted by molar-refractivity contribution is 7.11. The lowest BCUT2D eigenvalue weighted by Crippen LogP contribution is -2.66. The van der Waals surface area contributed by atoms with Gasteiger partial charge in [-0.25, -0.2) is 4.98 Å². The van der Waals surface area contributed by atoms with Gasteiger partial charge in [0.15, 0.2) is 0 Å². The molecule has 0 N–H and O–H groups in total. The van der Waals surface area contributed by atoms with Crippen LogP contribution in [0.2, 0.25) is 0 Å². The van der Waals surface area contributed by atoms with Crippen LogP contribution in [-0.4, -0.2) is 45.9 Å². The van der Waals surface area contributed by atoms with Crippen LogP contribution in [0.5, 0.6) is 0 Å². The van der Waals surface area contributed by atoms with Crippen molar-refractivity contribution in [2.75, 3.05) is 19.6 Å². The molecular formula is C21H27N3OS. The molecule has 2 fully saturated rings. The van der Waals surface area contributed by atoms with E-state index in [0.717, 1.165) is 48.7 Å². The van der Waals surface area contributed by atoms with Crippen molar-refractivity contribution in [2.45, 2.75) is 52.1 Å². The number of carbonyl (C=O) groups excluding carboxylic acids is 1. The molecule has 0 bridgehead atoms. The Morgan fingerprint density at radius 3 is 2.73 bits per heavy atom. The number of aromatic nitrogens is 1. The Morgan fingerprint density at radius 1 is 1.23 bits per heavy atom. The predicted molar refractivity (Wildman–Crippen MR) is 106 cm³/mol. The van der Waals surface area contributed by atoms with E-state index >= 15 is 0 Å². The van der Waals surface area contributed by atoms with Crippen LogP contribution in [0.25, 0.3) is 0 Å². The summed E-state index contributed by atoms with van der Waals surface area (Å²) in [7, 11) is 0. The number of rotatable bonds is 3. The number of carbonyl (C=O) groups is 1. The highest BCUT2D eigenvalue weighted by atomic mass is 32.1. The zero-order valence-electron chi connectivity index (χ0n) is 15.9. The van der Waals surface area contributed by atoms with Crippen molar-refractivity contribution >= 4 is 17.2 Å². The van der Waals surface area contributed by atoms with Gasteiger partial charge in [0.2, 0.25) is 0 Å². The first kappa shape index (κ1) is 17.7. The Kier molecular flexibility index (Phi) is 4.61. The molecule has 2 aliphatic rings. The third-order valence-corrected chi connectivity index (χ3v) is 6.89. The van der Waals surface area contributed by atoms with E-state index in [2.05, 4.69) is 34.7 Å². The molecule has 1 aromatic heterocycles. The van der Waals surface area contributed by atoms with Gasteiger partial charge in [0.05, 0.1) is 5.01 Å². The van der Waals surface area contributed by atoms with Gasteiger partial charge < -0.3 is 4.90 Å². The van der Waals surface area contributed by atoms with Crippen molar-refractivity contribution < 1.29 is 4.79 Å².